The fourth-order valence-corrected chi connectivity index (χ4v) is 5.24. The van der Waals surface area contributed by atoms with Crippen molar-refractivity contribution in [1.29, 1.82) is 0 Å². The monoisotopic (exact) mass is 366 g/mol. The Labute approximate surface area is 160 Å². The largest absolute Gasteiger partial charge is 0.341 e. The summed E-state index contributed by atoms with van der Waals surface area (Å²) in [7, 11) is 0. The van der Waals surface area contributed by atoms with E-state index in [-0.39, 0.29) is 11.2 Å². The normalized spacial score (nSPS) is 20.2. The van der Waals surface area contributed by atoms with Crippen molar-refractivity contribution in [3.63, 3.8) is 0 Å². The van der Waals surface area contributed by atoms with E-state index in [2.05, 4.69) is 34.5 Å². The highest BCUT2D eigenvalue weighted by atomic mass is 32.2. The smallest absolute Gasteiger partial charge is 0.240 e. The summed E-state index contributed by atoms with van der Waals surface area (Å²) in [6.45, 7) is 4.03. The number of nitrogens with one attached hydrogen (secondary N) is 1. The van der Waals surface area contributed by atoms with Crippen LogP contribution in [0.2, 0.25) is 0 Å². The van der Waals surface area contributed by atoms with Gasteiger partial charge in [-0.1, -0.05) is 48.5 Å². The molecule has 4 rings (SSSR count). The lowest BCUT2D eigenvalue weighted by Gasteiger charge is -2.40. The van der Waals surface area contributed by atoms with Crippen molar-refractivity contribution in [2.24, 2.45) is 5.41 Å². The lowest BCUT2D eigenvalue weighted by molar-refractivity contribution is -0.132. The maximum Gasteiger partial charge on any atom is 0.240 e. The Kier molecular flexibility index (Phi) is 5.32. The third-order valence-electron chi connectivity index (χ3n) is 5.79. The molecule has 0 saturated carbocycles. The molecule has 2 heterocycles. The Morgan fingerprint density at radius 3 is 2.23 bits per heavy atom. The van der Waals surface area contributed by atoms with Gasteiger partial charge < -0.3 is 10.2 Å². The molecule has 0 radical (unpaired) electrons. The first-order valence-corrected chi connectivity index (χ1v) is 10.4. The second-order valence-corrected chi connectivity index (χ2v) is 8.65. The van der Waals surface area contributed by atoms with Crippen LogP contribution in [-0.4, -0.2) is 37.0 Å². The predicted molar refractivity (Wildman–Crippen MR) is 107 cm³/mol. The van der Waals surface area contributed by atoms with Crippen LogP contribution in [0.25, 0.3) is 0 Å². The third-order valence-corrected chi connectivity index (χ3v) is 7.05. The van der Waals surface area contributed by atoms with Gasteiger partial charge in [-0.15, -0.1) is 11.8 Å². The van der Waals surface area contributed by atoms with Crippen molar-refractivity contribution in [1.82, 2.24) is 10.2 Å². The molecule has 3 nitrogen and oxygen atoms in total. The molecule has 1 atom stereocenters. The van der Waals surface area contributed by atoms with E-state index in [1.54, 1.807) is 11.8 Å². The van der Waals surface area contributed by atoms with Crippen molar-refractivity contribution in [2.45, 2.75) is 29.4 Å². The number of thioether (sulfide) groups is 1. The van der Waals surface area contributed by atoms with E-state index in [0.29, 0.717) is 5.41 Å². The number of amides is 1. The minimum Gasteiger partial charge on any atom is -0.341 e. The predicted octanol–water partition coefficient (Wildman–Crippen LogP) is 4.12. The topological polar surface area (TPSA) is 32.3 Å². The van der Waals surface area contributed by atoms with Gasteiger partial charge in [0.05, 0.1) is 0 Å². The Hall–Kier alpha value is -1.78. The summed E-state index contributed by atoms with van der Waals surface area (Å²) in [6.07, 6.45) is 3.52. The van der Waals surface area contributed by atoms with E-state index in [9.17, 15) is 4.79 Å². The fraction of sp³-hybridized carbons (Fsp3) is 0.409. The first-order valence-electron chi connectivity index (χ1n) is 9.52. The second kappa shape index (κ2) is 7.85. The number of benzene rings is 2. The molecule has 0 bridgehead atoms. The molecule has 1 amide bonds. The van der Waals surface area contributed by atoms with Crippen LogP contribution in [0.3, 0.4) is 0 Å². The highest BCUT2D eigenvalue weighted by Gasteiger charge is 2.39. The van der Waals surface area contributed by atoms with Crippen LogP contribution in [-0.2, 0) is 4.79 Å². The molecule has 1 spiro atoms. The molecule has 2 aliphatic heterocycles. The Morgan fingerprint density at radius 2 is 1.62 bits per heavy atom. The van der Waals surface area contributed by atoms with Crippen LogP contribution < -0.4 is 5.32 Å². The van der Waals surface area contributed by atoms with Gasteiger partial charge in [-0.2, -0.15) is 0 Å². The van der Waals surface area contributed by atoms with Gasteiger partial charge in [0, 0.05) is 24.5 Å². The number of carbonyl (C=O) groups is 1. The molecule has 0 aromatic heterocycles. The Bertz CT molecular complexity index is 718. The quantitative estimate of drug-likeness (QED) is 0.826. The van der Waals surface area contributed by atoms with Gasteiger partial charge in [-0.25, -0.2) is 0 Å². The summed E-state index contributed by atoms with van der Waals surface area (Å²) in [5, 5.41) is 3.33. The highest BCUT2D eigenvalue weighted by Crippen LogP contribution is 2.40. The molecule has 2 fully saturated rings. The number of piperidine rings is 1. The number of hydrogen-bond acceptors (Lipinski definition) is 3. The maximum absolute atomic E-state index is 13.4. The molecular weight excluding hydrogens is 340 g/mol. The van der Waals surface area contributed by atoms with Gasteiger partial charge >= 0.3 is 0 Å². The van der Waals surface area contributed by atoms with Gasteiger partial charge in [-0.05, 0) is 48.9 Å². The van der Waals surface area contributed by atoms with Gasteiger partial charge in [0.15, 0.2) is 0 Å². The van der Waals surface area contributed by atoms with Gasteiger partial charge in [0.2, 0.25) is 5.91 Å². The first-order chi connectivity index (χ1) is 12.8. The molecular formula is C22H26N2OS. The molecule has 0 aliphatic carbocycles. The SMILES string of the molecule is O=C(C(Sc1ccccc1)c1ccccc1)N1CCC2(CCNC2)CC1. The summed E-state index contributed by atoms with van der Waals surface area (Å²) < 4.78 is 0. The number of hydrogen-bond donors (Lipinski definition) is 1. The molecule has 4 heteroatoms. The minimum absolute atomic E-state index is 0.172. The van der Waals surface area contributed by atoms with E-state index in [0.717, 1.165) is 49.5 Å². The number of likely N-dealkylation sites (tertiary alicyclic amines) is 1. The number of nitrogens with zero attached hydrogens (tertiary/aromatic N) is 1. The van der Waals surface area contributed by atoms with E-state index in [1.165, 1.54) is 6.42 Å². The average molecular weight is 367 g/mol. The van der Waals surface area contributed by atoms with Crippen molar-refractivity contribution < 1.29 is 4.79 Å². The zero-order valence-electron chi connectivity index (χ0n) is 15.1. The van der Waals surface area contributed by atoms with Crippen LogP contribution in [0.5, 0.6) is 0 Å². The maximum atomic E-state index is 13.4. The van der Waals surface area contributed by atoms with E-state index < -0.39 is 0 Å². The lowest BCUT2D eigenvalue weighted by Crippen LogP contribution is -2.45. The van der Waals surface area contributed by atoms with Crippen LogP contribution in [0.15, 0.2) is 65.6 Å². The molecule has 1 unspecified atom stereocenters. The first kappa shape index (κ1) is 17.6. The number of rotatable bonds is 4. The van der Waals surface area contributed by atoms with Gasteiger partial charge in [0.25, 0.3) is 0 Å². The van der Waals surface area contributed by atoms with Crippen LogP contribution >= 0.6 is 11.8 Å². The van der Waals surface area contributed by atoms with E-state index in [1.807, 2.05) is 36.4 Å². The van der Waals surface area contributed by atoms with Crippen molar-refractivity contribution >= 4 is 17.7 Å². The molecule has 1 N–H and O–H groups in total. The molecule has 2 aromatic rings. The molecule has 26 heavy (non-hydrogen) atoms. The fourth-order valence-electron chi connectivity index (χ4n) is 4.11. The standard InChI is InChI=1S/C22H26N2OS/c25-21(24-15-12-22(13-16-24)11-14-23-17-22)20(18-7-3-1-4-8-18)26-19-9-5-2-6-10-19/h1-10,20,23H,11-17H2. The van der Waals surface area contributed by atoms with Gasteiger partial charge in [-0.3, -0.25) is 4.79 Å². The summed E-state index contributed by atoms with van der Waals surface area (Å²) in [5.74, 6) is 0.255. The van der Waals surface area contributed by atoms with Crippen molar-refractivity contribution in [2.75, 3.05) is 26.2 Å². The number of carbonyl (C=O) groups excluding carboxylic acids is 1. The zero-order chi connectivity index (χ0) is 17.8. The third kappa shape index (κ3) is 3.81. The van der Waals surface area contributed by atoms with Crippen LogP contribution in [0.4, 0.5) is 0 Å². The molecule has 2 saturated heterocycles. The zero-order valence-corrected chi connectivity index (χ0v) is 15.9. The highest BCUT2D eigenvalue weighted by molar-refractivity contribution is 8.00. The summed E-state index contributed by atoms with van der Waals surface area (Å²) >= 11 is 1.66. The summed E-state index contributed by atoms with van der Waals surface area (Å²) in [6, 6.07) is 20.5. The van der Waals surface area contributed by atoms with Gasteiger partial charge in [0.1, 0.15) is 5.25 Å². The summed E-state index contributed by atoms with van der Waals surface area (Å²) in [4.78, 5) is 16.6. The Morgan fingerprint density at radius 1 is 0.962 bits per heavy atom. The molecule has 136 valence electrons. The van der Waals surface area contributed by atoms with Crippen molar-refractivity contribution in [3.8, 4) is 0 Å². The average Bonchev–Trinajstić information content (AvgIpc) is 3.16. The van der Waals surface area contributed by atoms with Crippen molar-refractivity contribution in [3.05, 3.63) is 66.2 Å². The van der Waals surface area contributed by atoms with Crippen LogP contribution in [0, 0.1) is 5.41 Å². The van der Waals surface area contributed by atoms with Crippen LogP contribution in [0.1, 0.15) is 30.1 Å². The molecule has 2 aliphatic rings. The van der Waals surface area contributed by atoms with E-state index in [4.69, 9.17) is 0 Å². The minimum atomic E-state index is -0.172. The lowest BCUT2D eigenvalue weighted by atomic mass is 9.78. The second-order valence-electron chi connectivity index (χ2n) is 7.47. The summed E-state index contributed by atoms with van der Waals surface area (Å²) in [5.41, 5.74) is 1.53. The Balaban J connectivity index is 1.51. The molecule has 2 aromatic carbocycles. The van der Waals surface area contributed by atoms with E-state index >= 15 is 0 Å².